The van der Waals surface area contributed by atoms with E-state index in [9.17, 15) is 35.8 Å². The van der Waals surface area contributed by atoms with Gasteiger partial charge in [0.1, 0.15) is 11.4 Å². The predicted molar refractivity (Wildman–Crippen MR) is 73.4 cm³/mol. The first kappa shape index (κ1) is 19.5. The predicted octanol–water partition coefficient (Wildman–Crippen LogP) is 5.03. The minimum atomic E-state index is -2.25. The highest BCUT2D eigenvalue weighted by atomic mass is 19.3. The van der Waals surface area contributed by atoms with Crippen LogP contribution >= 0.6 is 0 Å². The zero-order valence-electron chi connectivity index (χ0n) is 12.1. The lowest BCUT2D eigenvalue weighted by atomic mass is 10.1. The molecule has 0 spiro atoms. The number of nitrogens with zero attached hydrogens (tertiary/aromatic N) is 1. The fourth-order valence-corrected chi connectivity index (χ4v) is 1.63. The van der Waals surface area contributed by atoms with Gasteiger partial charge in [-0.2, -0.15) is 0 Å². The van der Waals surface area contributed by atoms with Crippen molar-refractivity contribution in [1.82, 2.24) is 0 Å². The number of hydrogen-bond acceptors (Lipinski definition) is 2. The molecule has 24 heavy (non-hydrogen) atoms. The van der Waals surface area contributed by atoms with E-state index < -0.39 is 41.7 Å². The summed E-state index contributed by atoms with van der Waals surface area (Å²) in [5.74, 6) is -10.7. The van der Waals surface area contributed by atoms with Gasteiger partial charge in [-0.15, -0.1) is 0 Å². The number of benzene rings is 2. The minimum Gasteiger partial charge on any atom is -0.507 e. The van der Waals surface area contributed by atoms with Gasteiger partial charge in [0.15, 0.2) is 23.3 Å². The molecule has 0 saturated heterocycles. The lowest BCUT2D eigenvalue weighted by Gasteiger charge is -2.05. The number of halogens is 7. The molecule has 0 atom stereocenters. The first-order valence-electron chi connectivity index (χ1n) is 6.22. The van der Waals surface area contributed by atoms with Crippen molar-refractivity contribution in [3.63, 3.8) is 0 Å². The smallest absolute Gasteiger partial charge is 0.229 e. The van der Waals surface area contributed by atoms with Crippen LogP contribution in [-0.2, 0) is 0 Å². The molecule has 2 aromatic carbocycles. The molecule has 0 unspecified atom stereocenters. The lowest BCUT2D eigenvalue weighted by molar-refractivity contribution is 0.295. The first-order valence-corrected chi connectivity index (χ1v) is 6.22. The zero-order valence-corrected chi connectivity index (χ0v) is 12.1. The molecule has 9 heteroatoms. The Morgan fingerprint density at radius 2 is 1.38 bits per heavy atom. The molecule has 2 nitrogen and oxygen atoms in total. The van der Waals surface area contributed by atoms with E-state index in [0.29, 0.717) is 5.56 Å². The Hall–Kier alpha value is -2.58. The molecule has 0 aliphatic heterocycles. The van der Waals surface area contributed by atoms with Crippen molar-refractivity contribution < 1.29 is 35.8 Å². The van der Waals surface area contributed by atoms with Gasteiger partial charge in [-0.25, -0.2) is 35.7 Å². The number of aliphatic imine (C=N–C) groups is 1. The second kappa shape index (κ2) is 8.32. The number of aromatic hydroxyl groups is 1. The number of phenolic OH excluding ortho intramolecular Hbond substituents is 1. The molecular formula is C15H10F7NO. The highest BCUT2D eigenvalue weighted by molar-refractivity contribution is 5.86. The summed E-state index contributed by atoms with van der Waals surface area (Å²) in [6.07, 6.45) is 0.820. The van der Waals surface area contributed by atoms with Crippen LogP contribution in [0.5, 0.6) is 5.75 Å². The Morgan fingerprint density at radius 3 is 1.88 bits per heavy atom. The Balaban J connectivity index is 0.000000891. The van der Waals surface area contributed by atoms with Crippen molar-refractivity contribution in [2.45, 2.75) is 6.92 Å². The van der Waals surface area contributed by atoms with E-state index in [4.69, 9.17) is 0 Å². The first-order chi connectivity index (χ1) is 11.3. The number of rotatable bonds is 2. The van der Waals surface area contributed by atoms with Gasteiger partial charge in [0, 0.05) is 11.8 Å². The Morgan fingerprint density at radius 1 is 0.917 bits per heavy atom. The van der Waals surface area contributed by atoms with E-state index in [1.807, 2.05) is 0 Å². The average Bonchev–Trinajstić information content (AvgIpc) is 2.55. The maximum absolute atomic E-state index is 13.4. The van der Waals surface area contributed by atoms with E-state index >= 15 is 0 Å². The van der Waals surface area contributed by atoms with Crippen molar-refractivity contribution in [2.75, 3.05) is 6.93 Å². The van der Waals surface area contributed by atoms with Crippen molar-refractivity contribution in [1.29, 1.82) is 0 Å². The molecule has 0 heterocycles. The molecule has 0 amide bonds. The molecule has 0 saturated carbocycles. The van der Waals surface area contributed by atoms with E-state index in [-0.39, 0.29) is 11.3 Å². The largest absolute Gasteiger partial charge is 0.507 e. The maximum Gasteiger partial charge on any atom is 0.229 e. The Labute approximate surface area is 131 Å². The van der Waals surface area contributed by atoms with E-state index in [1.54, 1.807) is 13.0 Å². The molecule has 2 aromatic rings. The average molecular weight is 353 g/mol. The monoisotopic (exact) mass is 353 g/mol. The van der Waals surface area contributed by atoms with Crippen LogP contribution in [0.25, 0.3) is 0 Å². The van der Waals surface area contributed by atoms with Crippen LogP contribution in [0.1, 0.15) is 11.1 Å². The third-order valence-electron chi connectivity index (χ3n) is 2.79. The fraction of sp³-hybridized carbons (Fsp3) is 0.133. The molecule has 0 fully saturated rings. The summed E-state index contributed by atoms with van der Waals surface area (Å²) in [5, 5.41) is 9.68. The molecular weight excluding hydrogens is 343 g/mol. The molecule has 2 rings (SSSR count). The van der Waals surface area contributed by atoms with Gasteiger partial charge in [-0.05, 0) is 18.6 Å². The third kappa shape index (κ3) is 4.03. The molecule has 0 bridgehead atoms. The number of aryl methyl sites for hydroxylation is 1. The fourth-order valence-electron chi connectivity index (χ4n) is 1.63. The molecule has 0 radical (unpaired) electrons. The Kier molecular flexibility index (Phi) is 6.75. The van der Waals surface area contributed by atoms with Crippen molar-refractivity contribution in [3.05, 3.63) is 58.4 Å². The summed E-state index contributed by atoms with van der Waals surface area (Å²) >= 11 is 0. The van der Waals surface area contributed by atoms with E-state index in [2.05, 4.69) is 4.99 Å². The molecule has 0 aliphatic carbocycles. The van der Waals surface area contributed by atoms with Gasteiger partial charge >= 0.3 is 0 Å². The van der Waals surface area contributed by atoms with Crippen molar-refractivity contribution >= 4 is 11.9 Å². The summed E-state index contributed by atoms with van der Waals surface area (Å²) in [5.41, 5.74) is -0.761. The highest BCUT2D eigenvalue weighted by Crippen LogP contribution is 2.30. The van der Waals surface area contributed by atoms with Crippen LogP contribution in [0.2, 0.25) is 0 Å². The van der Waals surface area contributed by atoms with Crippen LogP contribution in [-0.4, -0.2) is 18.2 Å². The normalized spacial score (nSPS) is 10.7. The van der Waals surface area contributed by atoms with Crippen molar-refractivity contribution in [2.24, 2.45) is 4.99 Å². The van der Waals surface area contributed by atoms with Crippen LogP contribution in [0, 0.1) is 36.0 Å². The zero-order chi connectivity index (χ0) is 18.4. The SMILES string of the molecule is Cc1cccc(C=Nc2c(F)c(F)c(F)c(F)c2F)c1O.FCF. The number of hydrogen-bond donors (Lipinski definition) is 1. The molecule has 0 aliphatic rings. The number of para-hydroxylation sites is 1. The van der Waals surface area contributed by atoms with Gasteiger partial charge in [-0.1, -0.05) is 12.1 Å². The summed E-state index contributed by atoms with van der Waals surface area (Å²) < 4.78 is 84.9. The molecule has 0 aromatic heterocycles. The second-order valence-electron chi connectivity index (χ2n) is 4.29. The number of phenols is 1. The summed E-state index contributed by atoms with van der Waals surface area (Å²) in [4.78, 5) is 3.26. The summed E-state index contributed by atoms with van der Waals surface area (Å²) in [6, 6.07) is 4.48. The minimum absolute atomic E-state index is 0.0824. The van der Waals surface area contributed by atoms with Gasteiger partial charge in [0.2, 0.25) is 12.7 Å². The molecule has 1 N–H and O–H groups in total. The lowest BCUT2D eigenvalue weighted by Crippen LogP contribution is -2.01. The second-order valence-corrected chi connectivity index (χ2v) is 4.29. The standard InChI is InChI=1S/C14H8F5NO.CH2F2/c1-6-3-2-4-7(14(6)21)5-20-13-11(18)9(16)8(15)10(17)12(13)19;2-1-3/h2-5,21H,1H3;1H2. The third-order valence-corrected chi connectivity index (χ3v) is 2.79. The number of alkyl halides is 2. The van der Waals surface area contributed by atoms with Gasteiger partial charge < -0.3 is 5.11 Å². The van der Waals surface area contributed by atoms with Crippen LogP contribution < -0.4 is 0 Å². The van der Waals surface area contributed by atoms with Gasteiger partial charge in [0.05, 0.1) is 0 Å². The Bertz CT molecular complexity index is 733. The maximum atomic E-state index is 13.4. The van der Waals surface area contributed by atoms with Gasteiger partial charge in [0.25, 0.3) is 0 Å². The van der Waals surface area contributed by atoms with Gasteiger partial charge in [-0.3, -0.25) is 0 Å². The summed E-state index contributed by atoms with van der Waals surface area (Å²) in [7, 11) is 0. The van der Waals surface area contributed by atoms with Crippen LogP contribution in [0.3, 0.4) is 0 Å². The summed E-state index contributed by atoms with van der Waals surface area (Å²) in [6.45, 7) is -0.176. The van der Waals surface area contributed by atoms with Crippen LogP contribution in [0.4, 0.5) is 36.4 Å². The highest BCUT2D eigenvalue weighted by Gasteiger charge is 2.25. The topological polar surface area (TPSA) is 32.6 Å². The van der Waals surface area contributed by atoms with Crippen molar-refractivity contribution in [3.8, 4) is 5.75 Å². The van der Waals surface area contributed by atoms with E-state index in [1.165, 1.54) is 12.1 Å². The van der Waals surface area contributed by atoms with Crippen LogP contribution in [0.15, 0.2) is 23.2 Å². The van der Waals surface area contributed by atoms with E-state index in [0.717, 1.165) is 6.21 Å². The molecule has 130 valence electrons. The quantitative estimate of drug-likeness (QED) is 0.349.